The Morgan fingerprint density at radius 1 is 1.10 bits per heavy atom. The molecule has 1 amide bonds. The molecule has 2 aromatic carbocycles. The van der Waals surface area contributed by atoms with E-state index in [4.69, 9.17) is 40.2 Å². The molecule has 9 heteroatoms. The maximum absolute atomic E-state index is 12.5. The predicted octanol–water partition coefficient (Wildman–Crippen LogP) is 5.49. The third kappa shape index (κ3) is 6.24. The van der Waals surface area contributed by atoms with E-state index in [0.29, 0.717) is 28.1 Å². The van der Waals surface area contributed by atoms with Crippen molar-refractivity contribution in [2.45, 2.75) is 13.5 Å². The number of carbonyl (C=O) groups is 2. The average molecular weight is 474 g/mol. The van der Waals surface area contributed by atoms with Gasteiger partial charge < -0.3 is 15.4 Å². The summed E-state index contributed by atoms with van der Waals surface area (Å²) in [6.07, 6.45) is 0. The van der Waals surface area contributed by atoms with E-state index in [9.17, 15) is 9.59 Å². The summed E-state index contributed by atoms with van der Waals surface area (Å²) in [5, 5.41) is 6.42. The van der Waals surface area contributed by atoms with Crippen LogP contribution in [0.25, 0.3) is 0 Å². The van der Waals surface area contributed by atoms with E-state index in [1.165, 1.54) is 19.1 Å². The molecule has 0 spiro atoms. The van der Waals surface area contributed by atoms with E-state index in [2.05, 4.69) is 15.6 Å². The Kier molecular flexibility index (Phi) is 7.57. The Hall–Kier alpha value is -3.00. The molecule has 0 aliphatic carbocycles. The van der Waals surface area contributed by atoms with Crippen LogP contribution in [0, 0.1) is 0 Å². The second kappa shape index (κ2) is 10.3. The Morgan fingerprint density at radius 3 is 2.61 bits per heavy atom. The fraction of sp³-hybridized carbons (Fsp3) is 0.0909. The lowest BCUT2D eigenvalue weighted by molar-refractivity contribution is -0.114. The summed E-state index contributed by atoms with van der Waals surface area (Å²) < 4.78 is 5.18. The van der Waals surface area contributed by atoms with Crippen molar-refractivity contribution in [3.63, 3.8) is 0 Å². The second-order valence-electron chi connectivity index (χ2n) is 6.42. The Balaban J connectivity index is 0.000000207. The quantitative estimate of drug-likeness (QED) is 0.297. The molecule has 158 valence electrons. The van der Waals surface area contributed by atoms with E-state index in [1.54, 1.807) is 24.3 Å². The zero-order valence-electron chi connectivity index (χ0n) is 16.3. The molecule has 2 N–H and O–H groups in total. The van der Waals surface area contributed by atoms with Crippen LogP contribution in [0.15, 0.2) is 60.7 Å². The number of hydrogen-bond donors (Lipinski definition) is 2. The van der Waals surface area contributed by atoms with Crippen molar-refractivity contribution in [3.8, 4) is 0 Å². The minimum absolute atomic E-state index is 0.0563. The summed E-state index contributed by atoms with van der Waals surface area (Å²) in [4.78, 5) is 27.6. The van der Waals surface area contributed by atoms with Crippen LogP contribution < -0.4 is 10.6 Å². The van der Waals surface area contributed by atoms with Crippen LogP contribution in [0.4, 0.5) is 11.4 Å². The number of hydrogen-bond acceptors (Lipinski definition) is 5. The normalized spacial score (nSPS) is 11.8. The predicted molar refractivity (Wildman–Crippen MR) is 126 cm³/mol. The SMILES string of the molecule is CC(=O)Nc1ccc(Cl)nc1C(=O)c1ccccc1Cl.S=C1Nc2cccc(c2)CO1. The van der Waals surface area contributed by atoms with Crippen molar-refractivity contribution in [3.05, 3.63) is 87.7 Å². The molecular formula is C22H17Cl2N3O3S. The van der Waals surface area contributed by atoms with Gasteiger partial charge in [-0.3, -0.25) is 9.59 Å². The zero-order valence-corrected chi connectivity index (χ0v) is 18.6. The van der Waals surface area contributed by atoms with Gasteiger partial charge in [-0.15, -0.1) is 0 Å². The molecule has 1 aliphatic heterocycles. The number of carbonyl (C=O) groups excluding carboxylic acids is 2. The Labute approximate surface area is 194 Å². The number of fused-ring (bicyclic) bond motifs is 2. The third-order valence-corrected chi connectivity index (χ3v) is 4.81. The van der Waals surface area contributed by atoms with Gasteiger partial charge in [-0.2, -0.15) is 0 Å². The van der Waals surface area contributed by atoms with Crippen LogP contribution in [-0.4, -0.2) is 21.8 Å². The molecule has 0 radical (unpaired) electrons. The van der Waals surface area contributed by atoms with Gasteiger partial charge in [0.05, 0.1) is 10.7 Å². The summed E-state index contributed by atoms with van der Waals surface area (Å²) in [5.41, 5.74) is 2.81. The summed E-state index contributed by atoms with van der Waals surface area (Å²) in [5.74, 6) is -0.704. The number of ether oxygens (including phenoxy) is 1. The molecule has 1 aromatic heterocycles. The largest absolute Gasteiger partial charge is 0.466 e. The van der Waals surface area contributed by atoms with E-state index in [0.717, 1.165) is 11.3 Å². The molecule has 4 rings (SSSR count). The van der Waals surface area contributed by atoms with E-state index in [1.807, 2.05) is 24.3 Å². The highest BCUT2D eigenvalue weighted by atomic mass is 35.5. The molecule has 0 saturated heterocycles. The molecular weight excluding hydrogens is 457 g/mol. The number of nitrogens with one attached hydrogen (secondary N) is 2. The fourth-order valence-electron chi connectivity index (χ4n) is 2.71. The number of halogens is 2. The molecule has 3 aromatic rings. The maximum Gasteiger partial charge on any atom is 0.261 e. The number of thiocarbonyl (C=S) groups is 1. The van der Waals surface area contributed by atoms with Crippen molar-refractivity contribution in [1.29, 1.82) is 0 Å². The number of pyridine rings is 1. The van der Waals surface area contributed by atoms with Crippen molar-refractivity contribution >= 4 is 63.7 Å². The summed E-state index contributed by atoms with van der Waals surface area (Å²) in [7, 11) is 0. The second-order valence-corrected chi connectivity index (χ2v) is 7.59. The van der Waals surface area contributed by atoms with Crippen LogP contribution in [0.5, 0.6) is 0 Å². The fourth-order valence-corrected chi connectivity index (χ4v) is 3.26. The summed E-state index contributed by atoms with van der Waals surface area (Å²) in [6.45, 7) is 1.91. The van der Waals surface area contributed by atoms with Gasteiger partial charge in [0.15, 0.2) is 0 Å². The molecule has 0 fully saturated rings. The molecule has 6 nitrogen and oxygen atoms in total. The molecule has 0 unspecified atom stereocenters. The van der Waals surface area contributed by atoms with Gasteiger partial charge in [-0.25, -0.2) is 4.98 Å². The lowest BCUT2D eigenvalue weighted by atomic mass is 10.1. The van der Waals surface area contributed by atoms with Crippen molar-refractivity contribution in [2.24, 2.45) is 0 Å². The van der Waals surface area contributed by atoms with Gasteiger partial charge in [0, 0.05) is 18.2 Å². The van der Waals surface area contributed by atoms with E-state index in [-0.39, 0.29) is 16.8 Å². The first-order valence-electron chi connectivity index (χ1n) is 9.09. The van der Waals surface area contributed by atoms with Crippen molar-refractivity contribution < 1.29 is 14.3 Å². The molecule has 2 heterocycles. The van der Waals surface area contributed by atoms with Gasteiger partial charge >= 0.3 is 0 Å². The van der Waals surface area contributed by atoms with Gasteiger partial charge in [0.1, 0.15) is 17.5 Å². The molecule has 0 atom stereocenters. The van der Waals surface area contributed by atoms with Crippen LogP contribution >= 0.6 is 35.4 Å². The number of nitrogens with zero attached hydrogens (tertiary/aromatic N) is 1. The maximum atomic E-state index is 12.5. The van der Waals surface area contributed by atoms with Crippen LogP contribution in [-0.2, 0) is 16.1 Å². The molecule has 2 bridgehead atoms. The van der Waals surface area contributed by atoms with Gasteiger partial charge in [0.25, 0.3) is 5.17 Å². The van der Waals surface area contributed by atoms with Crippen LogP contribution in [0.2, 0.25) is 10.2 Å². The highest BCUT2D eigenvalue weighted by molar-refractivity contribution is 7.80. The number of amides is 1. The third-order valence-electron chi connectivity index (χ3n) is 4.05. The first-order chi connectivity index (χ1) is 14.8. The highest BCUT2D eigenvalue weighted by Crippen LogP contribution is 2.24. The van der Waals surface area contributed by atoms with Crippen LogP contribution in [0.3, 0.4) is 0 Å². The topological polar surface area (TPSA) is 80.3 Å². The average Bonchev–Trinajstić information content (AvgIpc) is 2.86. The summed E-state index contributed by atoms with van der Waals surface area (Å²) in [6, 6.07) is 17.6. The first kappa shape index (κ1) is 22.7. The van der Waals surface area contributed by atoms with Crippen LogP contribution in [0.1, 0.15) is 28.5 Å². The van der Waals surface area contributed by atoms with E-state index >= 15 is 0 Å². The van der Waals surface area contributed by atoms with E-state index < -0.39 is 5.78 Å². The number of benzene rings is 2. The minimum Gasteiger partial charge on any atom is -0.466 e. The highest BCUT2D eigenvalue weighted by Gasteiger charge is 2.19. The molecule has 1 aliphatic rings. The Morgan fingerprint density at radius 2 is 1.87 bits per heavy atom. The molecule has 0 saturated carbocycles. The minimum atomic E-state index is -0.401. The lowest BCUT2D eigenvalue weighted by Crippen LogP contribution is -2.13. The monoisotopic (exact) mass is 473 g/mol. The van der Waals surface area contributed by atoms with Gasteiger partial charge in [0.2, 0.25) is 11.7 Å². The van der Waals surface area contributed by atoms with Crippen molar-refractivity contribution in [1.82, 2.24) is 4.98 Å². The number of rotatable bonds is 3. The Bertz CT molecular complexity index is 1150. The number of aromatic nitrogens is 1. The van der Waals surface area contributed by atoms with Crippen molar-refractivity contribution in [2.75, 3.05) is 10.6 Å². The number of anilines is 2. The van der Waals surface area contributed by atoms with Gasteiger partial charge in [-0.05, 0) is 54.2 Å². The summed E-state index contributed by atoms with van der Waals surface area (Å²) >= 11 is 16.7. The smallest absolute Gasteiger partial charge is 0.261 e. The standard InChI is InChI=1S/C14H10Cl2N2O2.C8H7NOS/c1-8(19)17-11-6-7-12(16)18-13(11)14(20)9-4-2-3-5-10(9)15;11-8-9-7-3-1-2-6(4-7)5-10-8/h2-7H,1H3,(H,17,19);1-4H,5H2,(H,9,11). The van der Waals surface area contributed by atoms with Gasteiger partial charge in [-0.1, -0.05) is 47.5 Å². The zero-order chi connectivity index (χ0) is 22.4. The molecule has 31 heavy (non-hydrogen) atoms. The first-order valence-corrected chi connectivity index (χ1v) is 10.3. The lowest BCUT2D eigenvalue weighted by Gasteiger charge is -2.09. The number of ketones is 1.